The van der Waals surface area contributed by atoms with E-state index in [9.17, 15) is 0 Å². The Labute approximate surface area is 107 Å². The highest BCUT2D eigenvalue weighted by Gasteiger charge is 2.40. The Morgan fingerprint density at radius 2 is 1.82 bits per heavy atom. The highest BCUT2D eigenvalue weighted by atomic mass is 15.2. The molecule has 0 aliphatic carbocycles. The monoisotopic (exact) mass is 238 g/mol. The second kappa shape index (κ2) is 6.19. The second-order valence-corrected chi connectivity index (χ2v) is 6.22. The van der Waals surface area contributed by atoms with Crippen LogP contribution < -0.4 is 5.32 Å². The fraction of sp³-hybridized carbons (Fsp3) is 1.00. The molecule has 2 aliphatic rings. The van der Waals surface area contributed by atoms with E-state index in [4.69, 9.17) is 0 Å². The van der Waals surface area contributed by atoms with E-state index in [2.05, 4.69) is 31.0 Å². The molecule has 17 heavy (non-hydrogen) atoms. The summed E-state index contributed by atoms with van der Waals surface area (Å²) in [7, 11) is 0. The van der Waals surface area contributed by atoms with Crippen molar-refractivity contribution in [1.82, 2.24) is 10.2 Å². The fourth-order valence-electron chi connectivity index (χ4n) is 3.58. The first kappa shape index (κ1) is 13.4. The van der Waals surface area contributed by atoms with E-state index in [-0.39, 0.29) is 0 Å². The molecule has 0 aromatic rings. The zero-order valence-corrected chi connectivity index (χ0v) is 11.9. The van der Waals surface area contributed by atoms with Crippen LogP contribution in [0.15, 0.2) is 0 Å². The van der Waals surface area contributed by atoms with Crippen molar-refractivity contribution >= 4 is 0 Å². The summed E-state index contributed by atoms with van der Waals surface area (Å²) in [4.78, 5) is 2.83. The lowest BCUT2D eigenvalue weighted by atomic mass is 9.95. The van der Waals surface area contributed by atoms with Crippen LogP contribution in [-0.4, -0.2) is 36.1 Å². The first-order chi connectivity index (χ1) is 8.24. The third-order valence-electron chi connectivity index (χ3n) is 4.79. The van der Waals surface area contributed by atoms with Gasteiger partial charge in [-0.1, -0.05) is 27.2 Å². The van der Waals surface area contributed by atoms with Crippen LogP contribution in [-0.2, 0) is 0 Å². The molecule has 1 N–H and O–H groups in total. The Bertz CT molecular complexity index is 215. The molecule has 2 fully saturated rings. The molecule has 2 rings (SSSR count). The molecule has 2 bridgehead atoms. The SMILES string of the molecule is CCCNC1CC2CCC(C1)N2CC(C)CC. The van der Waals surface area contributed by atoms with Crippen LogP contribution in [0.5, 0.6) is 0 Å². The molecule has 2 nitrogen and oxygen atoms in total. The summed E-state index contributed by atoms with van der Waals surface area (Å²) in [5.74, 6) is 0.873. The predicted molar refractivity (Wildman–Crippen MR) is 74.3 cm³/mol. The first-order valence-electron chi connectivity index (χ1n) is 7.73. The van der Waals surface area contributed by atoms with Crippen molar-refractivity contribution in [2.75, 3.05) is 13.1 Å². The van der Waals surface area contributed by atoms with Gasteiger partial charge < -0.3 is 5.32 Å². The van der Waals surface area contributed by atoms with Crippen molar-refractivity contribution in [3.05, 3.63) is 0 Å². The summed E-state index contributed by atoms with van der Waals surface area (Å²) >= 11 is 0. The average Bonchev–Trinajstić information content (AvgIpc) is 2.58. The minimum absolute atomic E-state index is 0.806. The predicted octanol–water partition coefficient (Wildman–Crippen LogP) is 3.03. The van der Waals surface area contributed by atoms with Gasteiger partial charge in [0, 0.05) is 24.7 Å². The summed E-state index contributed by atoms with van der Waals surface area (Å²) in [6.45, 7) is 9.53. The molecular weight excluding hydrogens is 208 g/mol. The Hall–Kier alpha value is -0.0800. The Morgan fingerprint density at radius 1 is 1.18 bits per heavy atom. The van der Waals surface area contributed by atoms with E-state index in [1.807, 2.05) is 0 Å². The first-order valence-corrected chi connectivity index (χ1v) is 7.73. The largest absolute Gasteiger partial charge is 0.314 e. The lowest BCUT2D eigenvalue weighted by Crippen LogP contribution is -2.50. The topological polar surface area (TPSA) is 15.3 Å². The van der Waals surface area contributed by atoms with Gasteiger partial charge in [0.2, 0.25) is 0 Å². The van der Waals surface area contributed by atoms with Gasteiger partial charge in [-0.2, -0.15) is 0 Å². The standard InChI is InChI=1S/C15H30N2/c1-4-8-16-13-9-14-6-7-15(10-13)17(14)11-12(3)5-2/h12-16H,4-11H2,1-3H3. The Morgan fingerprint density at radius 3 is 2.35 bits per heavy atom. The number of nitrogens with one attached hydrogen (secondary N) is 1. The van der Waals surface area contributed by atoms with Crippen molar-refractivity contribution in [3.8, 4) is 0 Å². The molecule has 3 unspecified atom stereocenters. The molecule has 0 amide bonds. The number of piperidine rings is 1. The highest BCUT2D eigenvalue weighted by molar-refractivity contribution is 4.97. The summed E-state index contributed by atoms with van der Waals surface area (Å²) in [5.41, 5.74) is 0. The zero-order valence-electron chi connectivity index (χ0n) is 11.9. The van der Waals surface area contributed by atoms with Crippen LogP contribution in [0.3, 0.4) is 0 Å². The maximum absolute atomic E-state index is 3.73. The molecule has 3 atom stereocenters. The lowest BCUT2D eigenvalue weighted by molar-refractivity contribution is 0.0998. The molecule has 0 aromatic heterocycles. The molecule has 0 spiro atoms. The lowest BCUT2D eigenvalue weighted by Gasteiger charge is -2.40. The zero-order chi connectivity index (χ0) is 12.3. The quantitative estimate of drug-likeness (QED) is 0.765. The summed E-state index contributed by atoms with van der Waals surface area (Å²) in [6.07, 6.45) is 8.28. The van der Waals surface area contributed by atoms with E-state index < -0.39 is 0 Å². The van der Waals surface area contributed by atoms with Crippen molar-refractivity contribution in [2.45, 2.75) is 77.4 Å². The van der Waals surface area contributed by atoms with Crippen molar-refractivity contribution in [1.29, 1.82) is 0 Å². The number of rotatable bonds is 6. The summed E-state index contributed by atoms with van der Waals surface area (Å²) < 4.78 is 0. The molecule has 2 aliphatic heterocycles. The maximum Gasteiger partial charge on any atom is 0.0114 e. The van der Waals surface area contributed by atoms with E-state index in [0.29, 0.717) is 0 Å². The van der Waals surface area contributed by atoms with E-state index in [1.54, 1.807) is 0 Å². The molecular formula is C15H30N2. The van der Waals surface area contributed by atoms with Crippen molar-refractivity contribution < 1.29 is 0 Å². The van der Waals surface area contributed by atoms with Gasteiger partial charge in [0.1, 0.15) is 0 Å². The molecule has 0 radical (unpaired) electrons. The van der Waals surface area contributed by atoms with Gasteiger partial charge >= 0.3 is 0 Å². The van der Waals surface area contributed by atoms with Gasteiger partial charge in [0.15, 0.2) is 0 Å². The third-order valence-corrected chi connectivity index (χ3v) is 4.79. The molecule has 2 heteroatoms. The van der Waals surface area contributed by atoms with E-state index in [1.165, 1.54) is 51.6 Å². The van der Waals surface area contributed by atoms with E-state index in [0.717, 1.165) is 24.0 Å². The minimum Gasteiger partial charge on any atom is -0.314 e. The van der Waals surface area contributed by atoms with Crippen LogP contribution in [0.25, 0.3) is 0 Å². The van der Waals surface area contributed by atoms with Crippen molar-refractivity contribution in [2.24, 2.45) is 5.92 Å². The third kappa shape index (κ3) is 3.23. The molecule has 100 valence electrons. The highest BCUT2D eigenvalue weighted by Crippen LogP contribution is 2.36. The van der Waals surface area contributed by atoms with Crippen LogP contribution in [0.2, 0.25) is 0 Å². The minimum atomic E-state index is 0.806. The van der Waals surface area contributed by atoms with Gasteiger partial charge in [0.25, 0.3) is 0 Å². The van der Waals surface area contributed by atoms with Gasteiger partial charge in [-0.05, 0) is 44.6 Å². The number of hydrogen-bond acceptors (Lipinski definition) is 2. The number of nitrogens with zero attached hydrogens (tertiary/aromatic N) is 1. The molecule has 2 heterocycles. The van der Waals surface area contributed by atoms with Gasteiger partial charge in [-0.25, -0.2) is 0 Å². The molecule has 2 saturated heterocycles. The summed E-state index contributed by atoms with van der Waals surface area (Å²) in [6, 6.07) is 2.58. The average molecular weight is 238 g/mol. The smallest absolute Gasteiger partial charge is 0.0114 e. The van der Waals surface area contributed by atoms with Crippen LogP contribution in [0.1, 0.15) is 59.3 Å². The molecule has 0 saturated carbocycles. The van der Waals surface area contributed by atoms with E-state index >= 15 is 0 Å². The van der Waals surface area contributed by atoms with Gasteiger partial charge in [-0.3, -0.25) is 4.90 Å². The fourth-order valence-corrected chi connectivity index (χ4v) is 3.58. The Balaban J connectivity index is 1.84. The maximum atomic E-state index is 3.73. The van der Waals surface area contributed by atoms with Crippen LogP contribution in [0, 0.1) is 5.92 Å². The van der Waals surface area contributed by atoms with Crippen molar-refractivity contribution in [3.63, 3.8) is 0 Å². The number of hydrogen-bond donors (Lipinski definition) is 1. The van der Waals surface area contributed by atoms with Gasteiger partial charge in [0.05, 0.1) is 0 Å². The van der Waals surface area contributed by atoms with Crippen LogP contribution >= 0.6 is 0 Å². The summed E-state index contributed by atoms with van der Waals surface area (Å²) in [5, 5.41) is 3.73. The number of fused-ring (bicyclic) bond motifs is 2. The normalized spacial score (nSPS) is 35.1. The second-order valence-electron chi connectivity index (χ2n) is 6.22. The molecule has 0 aromatic carbocycles. The Kier molecular flexibility index (Phi) is 4.87. The van der Waals surface area contributed by atoms with Crippen LogP contribution in [0.4, 0.5) is 0 Å². The van der Waals surface area contributed by atoms with Gasteiger partial charge in [-0.15, -0.1) is 0 Å².